The maximum absolute atomic E-state index is 12.8. The van der Waals surface area contributed by atoms with Gasteiger partial charge in [0.05, 0.1) is 0 Å². The summed E-state index contributed by atoms with van der Waals surface area (Å²) in [7, 11) is 0. The van der Waals surface area contributed by atoms with Crippen LogP contribution in [-0.2, 0) is 28.6 Å². The predicted molar refractivity (Wildman–Crippen MR) is 279 cm³/mol. The van der Waals surface area contributed by atoms with Crippen molar-refractivity contribution in [3.63, 3.8) is 0 Å². The van der Waals surface area contributed by atoms with Crippen LogP contribution < -0.4 is 0 Å². The molecule has 0 rings (SSSR count). The van der Waals surface area contributed by atoms with E-state index in [0.29, 0.717) is 19.3 Å². The first kappa shape index (κ1) is 62.4. The summed E-state index contributed by atoms with van der Waals surface area (Å²) < 4.78 is 16.8. The number of hydrogen-bond acceptors (Lipinski definition) is 6. The molecule has 1 atom stereocenters. The van der Waals surface area contributed by atoms with Gasteiger partial charge in [-0.15, -0.1) is 0 Å². The van der Waals surface area contributed by atoms with Crippen molar-refractivity contribution >= 4 is 17.9 Å². The molecule has 0 saturated heterocycles. The molecule has 0 aliphatic carbocycles. The van der Waals surface area contributed by atoms with Gasteiger partial charge in [0, 0.05) is 19.3 Å². The average molecular weight is 911 g/mol. The summed E-state index contributed by atoms with van der Waals surface area (Å²) in [5.41, 5.74) is 0. The molecule has 65 heavy (non-hydrogen) atoms. The second-order valence-electron chi connectivity index (χ2n) is 18.8. The van der Waals surface area contributed by atoms with Gasteiger partial charge in [0.1, 0.15) is 13.2 Å². The molecule has 0 heterocycles. The van der Waals surface area contributed by atoms with Crippen molar-refractivity contribution < 1.29 is 28.6 Å². The van der Waals surface area contributed by atoms with Crippen molar-refractivity contribution in [1.82, 2.24) is 0 Å². The van der Waals surface area contributed by atoms with Crippen molar-refractivity contribution in [1.29, 1.82) is 0 Å². The first-order chi connectivity index (χ1) is 32.0. The maximum Gasteiger partial charge on any atom is 0.306 e. The van der Waals surface area contributed by atoms with E-state index >= 15 is 0 Å². The molecule has 0 aromatic heterocycles. The van der Waals surface area contributed by atoms with Crippen LogP contribution in [0.25, 0.3) is 0 Å². The van der Waals surface area contributed by atoms with E-state index in [2.05, 4.69) is 69.4 Å². The third-order valence-corrected chi connectivity index (χ3v) is 12.3. The third kappa shape index (κ3) is 52.2. The highest BCUT2D eigenvalue weighted by Gasteiger charge is 2.19. The van der Waals surface area contributed by atoms with E-state index in [1.807, 2.05) is 0 Å². The predicted octanol–water partition coefficient (Wildman–Crippen LogP) is 18.7. The number of carbonyl (C=O) groups is 3. The van der Waals surface area contributed by atoms with Crippen LogP contribution in [0.15, 0.2) is 48.6 Å². The molecule has 0 N–H and O–H groups in total. The standard InChI is InChI=1S/C59H106O6/c1-4-7-10-13-16-19-22-25-28-29-30-31-32-35-37-40-43-46-49-52-58(61)64-55-56(65-59(62)53-50-47-44-41-38-34-27-24-21-18-15-12-9-6-3)54-63-57(60)51-48-45-42-39-36-33-26-23-20-17-14-11-8-5-2/h16,19,24-25,27-28,30-31,56H,4-15,17-18,20-23,26,29,32-55H2,1-3H3/b19-16-,27-24-,28-25-,31-30-/t56-/m1/s1. The first-order valence-electron chi connectivity index (χ1n) is 28.1. The summed E-state index contributed by atoms with van der Waals surface area (Å²) in [5.74, 6) is -0.887. The van der Waals surface area contributed by atoms with E-state index in [1.165, 1.54) is 161 Å². The zero-order valence-corrected chi connectivity index (χ0v) is 43.3. The molecule has 0 spiro atoms. The Bertz CT molecular complexity index is 1140. The maximum atomic E-state index is 12.8. The van der Waals surface area contributed by atoms with Crippen LogP contribution in [0.5, 0.6) is 0 Å². The Morgan fingerprint density at radius 1 is 0.308 bits per heavy atom. The number of unbranched alkanes of at least 4 members (excludes halogenated alkanes) is 32. The summed E-state index contributed by atoms with van der Waals surface area (Å²) in [4.78, 5) is 38.1. The highest BCUT2D eigenvalue weighted by atomic mass is 16.6. The molecule has 0 amide bonds. The van der Waals surface area contributed by atoms with Crippen LogP contribution in [0.1, 0.15) is 290 Å². The van der Waals surface area contributed by atoms with Gasteiger partial charge in [-0.25, -0.2) is 0 Å². The monoisotopic (exact) mass is 911 g/mol. The van der Waals surface area contributed by atoms with Gasteiger partial charge in [-0.3, -0.25) is 14.4 Å². The minimum atomic E-state index is -0.780. The van der Waals surface area contributed by atoms with Gasteiger partial charge < -0.3 is 14.2 Å². The molecule has 0 aliphatic heterocycles. The molecule has 0 saturated carbocycles. The Balaban J connectivity index is 4.37. The molecule has 0 unspecified atom stereocenters. The molecule has 0 bridgehead atoms. The average Bonchev–Trinajstić information content (AvgIpc) is 3.30. The van der Waals surface area contributed by atoms with Gasteiger partial charge in [0.25, 0.3) is 0 Å². The van der Waals surface area contributed by atoms with Crippen molar-refractivity contribution in [2.24, 2.45) is 0 Å². The lowest BCUT2D eigenvalue weighted by Gasteiger charge is -2.18. The normalized spacial score (nSPS) is 12.4. The molecule has 0 aromatic carbocycles. The van der Waals surface area contributed by atoms with Crippen LogP contribution in [-0.4, -0.2) is 37.2 Å². The fourth-order valence-electron chi connectivity index (χ4n) is 8.03. The lowest BCUT2D eigenvalue weighted by molar-refractivity contribution is -0.167. The quantitative estimate of drug-likeness (QED) is 0.0262. The van der Waals surface area contributed by atoms with Crippen molar-refractivity contribution in [3.8, 4) is 0 Å². The highest BCUT2D eigenvalue weighted by molar-refractivity contribution is 5.71. The van der Waals surface area contributed by atoms with E-state index < -0.39 is 6.10 Å². The molecular weight excluding hydrogens is 805 g/mol. The summed E-state index contributed by atoms with van der Waals surface area (Å²) in [6.07, 6.45) is 65.2. The van der Waals surface area contributed by atoms with Gasteiger partial charge in [-0.05, 0) is 83.5 Å². The number of ether oxygens (including phenoxy) is 3. The number of esters is 3. The molecule has 0 aliphatic rings. The molecule has 6 nitrogen and oxygen atoms in total. The summed E-state index contributed by atoms with van der Waals surface area (Å²) in [6, 6.07) is 0. The first-order valence-corrected chi connectivity index (χ1v) is 28.1. The summed E-state index contributed by atoms with van der Waals surface area (Å²) in [6.45, 7) is 6.61. The molecular formula is C59H106O6. The smallest absolute Gasteiger partial charge is 0.306 e. The van der Waals surface area contributed by atoms with Crippen LogP contribution in [0.3, 0.4) is 0 Å². The van der Waals surface area contributed by atoms with Crippen molar-refractivity contribution in [3.05, 3.63) is 48.6 Å². The number of allylic oxidation sites excluding steroid dienone is 8. The Kier molecular flexibility index (Phi) is 51.8. The lowest BCUT2D eigenvalue weighted by Crippen LogP contribution is -2.30. The topological polar surface area (TPSA) is 78.9 Å². The second-order valence-corrected chi connectivity index (χ2v) is 18.8. The van der Waals surface area contributed by atoms with Crippen LogP contribution in [0.2, 0.25) is 0 Å². The van der Waals surface area contributed by atoms with Gasteiger partial charge >= 0.3 is 17.9 Å². The Hall–Kier alpha value is -2.63. The molecule has 378 valence electrons. The molecule has 0 fully saturated rings. The van der Waals surface area contributed by atoms with Crippen LogP contribution in [0, 0.1) is 0 Å². The Morgan fingerprint density at radius 2 is 0.554 bits per heavy atom. The van der Waals surface area contributed by atoms with Gasteiger partial charge in [-0.2, -0.15) is 0 Å². The third-order valence-electron chi connectivity index (χ3n) is 12.3. The minimum absolute atomic E-state index is 0.0779. The van der Waals surface area contributed by atoms with Crippen molar-refractivity contribution in [2.75, 3.05) is 13.2 Å². The fraction of sp³-hybridized carbons (Fsp3) is 0.814. The minimum Gasteiger partial charge on any atom is -0.462 e. The number of carbonyl (C=O) groups excluding carboxylic acids is 3. The second kappa shape index (κ2) is 54.0. The van der Waals surface area contributed by atoms with Crippen LogP contribution in [0.4, 0.5) is 0 Å². The van der Waals surface area contributed by atoms with Crippen LogP contribution >= 0.6 is 0 Å². The van der Waals surface area contributed by atoms with Crippen molar-refractivity contribution in [2.45, 2.75) is 297 Å². The Morgan fingerprint density at radius 3 is 0.908 bits per heavy atom. The van der Waals surface area contributed by atoms with E-state index in [1.54, 1.807) is 0 Å². The largest absolute Gasteiger partial charge is 0.462 e. The molecule has 0 aromatic rings. The Labute approximate surface area is 403 Å². The van der Waals surface area contributed by atoms with E-state index in [9.17, 15) is 14.4 Å². The summed E-state index contributed by atoms with van der Waals surface area (Å²) >= 11 is 0. The number of rotatable bonds is 51. The number of hydrogen-bond donors (Lipinski definition) is 0. The van der Waals surface area contributed by atoms with Gasteiger partial charge in [-0.1, -0.05) is 236 Å². The van der Waals surface area contributed by atoms with Gasteiger partial charge in [0.2, 0.25) is 0 Å². The van der Waals surface area contributed by atoms with E-state index in [-0.39, 0.29) is 31.1 Å². The fourth-order valence-corrected chi connectivity index (χ4v) is 8.03. The van der Waals surface area contributed by atoms with Gasteiger partial charge in [0.15, 0.2) is 6.10 Å². The van der Waals surface area contributed by atoms with E-state index in [4.69, 9.17) is 14.2 Å². The molecule has 6 heteroatoms. The summed E-state index contributed by atoms with van der Waals surface area (Å²) in [5, 5.41) is 0. The SMILES string of the molecule is CCCCC/C=C\C/C=C\C/C=C\CCCCCCCCC(=O)OC[C@@H](COC(=O)CCCCCCCCCCCCCCCC)OC(=O)CCCCCCC/C=C\CCCCCCC. The molecule has 0 radical (unpaired) electrons. The lowest BCUT2D eigenvalue weighted by atomic mass is 10.0. The zero-order valence-electron chi connectivity index (χ0n) is 43.3. The highest BCUT2D eigenvalue weighted by Crippen LogP contribution is 2.16. The van der Waals surface area contributed by atoms with E-state index in [0.717, 1.165) is 89.9 Å². The zero-order chi connectivity index (χ0) is 47.2.